The molecule has 4 heterocycles. The third-order valence-electron chi connectivity index (χ3n) is 5.99. The fraction of sp³-hybridized carbons (Fsp3) is 0.167. The molecule has 0 spiro atoms. The lowest BCUT2D eigenvalue weighted by molar-refractivity contribution is -0.125. The van der Waals surface area contributed by atoms with Crippen LogP contribution in [0.1, 0.15) is 26.0 Å². The summed E-state index contributed by atoms with van der Waals surface area (Å²) in [6.07, 6.45) is 3.56. The molecule has 0 unspecified atom stereocenters. The van der Waals surface area contributed by atoms with Crippen LogP contribution in [0.25, 0.3) is 38.9 Å². The zero-order chi connectivity index (χ0) is 25.1. The molecule has 5 rings (SSSR count). The fourth-order valence-corrected chi connectivity index (χ4v) is 4.46. The number of hydrogen-bond donors (Lipinski definition) is 1. The number of alkyl halides is 2. The second-order valence-electron chi connectivity index (χ2n) is 8.51. The van der Waals surface area contributed by atoms with Crippen molar-refractivity contribution in [2.24, 2.45) is 5.73 Å². The average Bonchev–Trinajstić information content (AvgIpc) is 3.44. The van der Waals surface area contributed by atoms with Crippen molar-refractivity contribution >= 4 is 45.7 Å². The summed E-state index contributed by atoms with van der Waals surface area (Å²) < 4.78 is 31.3. The van der Waals surface area contributed by atoms with E-state index in [1.807, 2.05) is 0 Å². The minimum atomic E-state index is -2.84. The largest absolute Gasteiger partial charge is 0.368 e. The Kier molecular flexibility index (Phi) is 5.49. The van der Waals surface area contributed by atoms with Gasteiger partial charge in [0.15, 0.2) is 0 Å². The highest BCUT2D eigenvalue weighted by Crippen LogP contribution is 2.40. The van der Waals surface area contributed by atoms with Crippen LogP contribution < -0.4 is 5.73 Å². The highest BCUT2D eigenvalue weighted by atomic mass is 35.5. The lowest BCUT2D eigenvalue weighted by atomic mass is 10.1. The van der Waals surface area contributed by atoms with E-state index in [9.17, 15) is 13.6 Å². The first-order chi connectivity index (χ1) is 16.6. The van der Waals surface area contributed by atoms with Crippen LogP contribution in [0.2, 0.25) is 10.0 Å². The number of halogens is 4. The zero-order valence-corrected chi connectivity index (χ0v) is 20.0. The summed E-state index contributed by atoms with van der Waals surface area (Å²) in [6, 6.07) is 8.21. The van der Waals surface area contributed by atoms with Gasteiger partial charge < -0.3 is 5.73 Å². The van der Waals surface area contributed by atoms with Crippen molar-refractivity contribution < 1.29 is 13.6 Å². The van der Waals surface area contributed by atoms with Crippen LogP contribution in [-0.4, -0.2) is 30.1 Å². The van der Waals surface area contributed by atoms with Crippen LogP contribution >= 0.6 is 23.2 Å². The van der Waals surface area contributed by atoms with Crippen molar-refractivity contribution in [1.82, 2.24) is 24.1 Å². The first kappa shape index (κ1) is 23.2. The Hall–Kier alpha value is -3.56. The molecule has 0 aliphatic heterocycles. The quantitative estimate of drug-likeness (QED) is 0.317. The summed E-state index contributed by atoms with van der Waals surface area (Å²) in [7, 11) is 0. The van der Waals surface area contributed by atoms with Crippen molar-refractivity contribution in [2.75, 3.05) is 0 Å². The van der Waals surface area contributed by atoms with Gasteiger partial charge in [-0.05, 0) is 38.1 Å². The highest BCUT2D eigenvalue weighted by molar-refractivity contribution is 6.39. The van der Waals surface area contributed by atoms with Gasteiger partial charge in [-0.1, -0.05) is 29.3 Å². The predicted molar refractivity (Wildman–Crippen MR) is 131 cm³/mol. The van der Waals surface area contributed by atoms with Crippen LogP contribution in [0.15, 0.2) is 55.1 Å². The molecule has 0 bridgehead atoms. The zero-order valence-electron chi connectivity index (χ0n) is 18.5. The molecule has 0 atom stereocenters. The van der Waals surface area contributed by atoms with Crippen LogP contribution in [0.5, 0.6) is 0 Å². The van der Waals surface area contributed by atoms with Crippen molar-refractivity contribution in [3.8, 4) is 22.4 Å². The standard InChI is InChI=1S/C24H18Cl2F2N6O/c1-24(2,23(29)35)34-11-13(10-31-34)12-8-14-17(30-9-12)6-7-33-20(21(27)28)19(32-22(14)33)18-15(25)4-3-5-16(18)26/h3-11,21H,1-2H3,(H2,29,35). The molecule has 7 nitrogen and oxygen atoms in total. The van der Waals surface area contributed by atoms with Gasteiger partial charge in [-0.2, -0.15) is 5.10 Å². The topological polar surface area (TPSA) is 91.1 Å². The maximum absolute atomic E-state index is 14.3. The van der Waals surface area contributed by atoms with E-state index >= 15 is 0 Å². The molecule has 2 N–H and O–H groups in total. The van der Waals surface area contributed by atoms with Crippen LogP contribution in [0.4, 0.5) is 8.78 Å². The molecule has 1 amide bonds. The number of imidazole rings is 1. The molecule has 0 saturated heterocycles. The number of nitrogens with zero attached hydrogens (tertiary/aromatic N) is 5. The first-order valence-corrected chi connectivity index (χ1v) is 11.2. The number of pyridine rings is 2. The third kappa shape index (κ3) is 3.71. The molecule has 0 aliphatic carbocycles. The van der Waals surface area contributed by atoms with Gasteiger partial charge in [0, 0.05) is 40.7 Å². The Labute approximate surface area is 208 Å². The van der Waals surface area contributed by atoms with E-state index in [1.54, 1.807) is 62.8 Å². The predicted octanol–water partition coefficient (Wildman–Crippen LogP) is 5.88. The van der Waals surface area contributed by atoms with Gasteiger partial charge in [0.1, 0.15) is 22.6 Å². The van der Waals surface area contributed by atoms with Gasteiger partial charge in [-0.25, -0.2) is 13.8 Å². The highest BCUT2D eigenvalue weighted by Gasteiger charge is 2.29. The van der Waals surface area contributed by atoms with Gasteiger partial charge in [0.25, 0.3) is 6.43 Å². The summed E-state index contributed by atoms with van der Waals surface area (Å²) in [5, 5.41) is 5.25. The molecule has 0 aliphatic rings. The van der Waals surface area contributed by atoms with Crippen LogP contribution in [0.3, 0.4) is 0 Å². The molecule has 178 valence electrons. The van der Waals surface area contributed by atoms with Gasteiger partial charge >= 0.3 is 0 Å². The maximum atomic E-state index is 14.3. The summed E-state index contributed by atoms with van der Waals surface area (Å²) in [4.78, 5) is 20.8. The second kappa shape index (κ2) is 8.28. The van der Waals surface area contributed by atoms with E-state index in [1.165, 1.54) is 15.3 Å². The van der Waals surface area contributed by atoms with E-state index in [2.05, 4.69) is 15.1 Å². The minimum absolute atomic E-state index is 0.00419. The number of primary amides is 1. The SMILES string of the molecule is CC(C)(C(N)=O)n1cc(-c2cnc3ccn4c(C(F)F)c(-c5c(Cl)cccc5Cl)nc4c3c2)cn1. The maximum Gasteiger partial charge on any atom is 0.280 e. The van der Waals surface area contributed by atoms with Gasteiger partial charge in [0.2, 0.25) is 5.91 Å². The normalized spacial score (nSPS) is 12.2. The molecule has 35 heavy (non-hydrogen) atoms. The number of carbonyl (C=O) groups excluding carboxylic acids is 1. The number of fused-ring (bicyclic) bond motifs is 3. The number of benzene rings is 1. The lowest BCUT2D eigenvalue weighted by Crippen LogP contribution is -2.41. The smallest absolute Gasteiger partial charge is 0.280 e. The van der Waals surface area contributed by atoms with Crippen molar-refractivity contribution in [3.63, 3.8) is 0 Å². The Balaban J connectivity index is 1.74. The molecule has 0 fully saturated rings. The Bertz CT molecular complexity index is 1610. The number of amides is 1. The van der Waals surface area contributed by atoms with Gasteiger partial charge in [-0.3, -0.25) is 18.9 Å². The Morgan fingerprint density at radius 1 is 1.11 bits per heavy atom. The summed E-state index contributed by atoms with van der Waals surface area (Å²) >= 11 is 12.6. The number of hydrogen-bond acceptors (Lipinski definition) is 4. The third-order valence-corrected chi connectivity index (χ3v) is 6.62. The molecule has 1 aromatic carbocycles. The Morgan fingerprint density at radius 3 is 2.49 bits per heavy atom. The van der Waals surface area contributed by atoms with E-state index in [4.69, 9.17) is 28.9 Å². The molecular weight excluding hydrogens is 497 g/mol. The van der Waals surface area contributed by atoms with Gasteiger partial charge in [0.05, 0.1) is 21.8 Å². The number of carbonyl (C=O) groups is 1. The molecule has 5 aromatic rings. The molecule has 11 heteroatoms. The van der Waals surface area contributed by atoms with Crippen LogP contribution in [-0.2, 0) is 10.3 Å². The molecule has 4 aromatic heterocycles. The molecule has 0 radical (unpaired) electrons. The fourth-order valence-electron chi connectivity index (χ4n) is 3.88. The minimum Gasteiger partial charge on any atom is -0.368 e. The van der Waals surface area contributed by atoms with Crippen molar-refractivity contribution in [3.05, 3.63) is 70.9 Å². The summed E-state index contributed by atoms with van der Waals surface area (Å²) in [5.74, 6) is -0.534. The van der Waals surface area contributed by atoms with E-state index in [0.717, 1.165) is 0 Å². The number of aromatic nitrogens is 5. The number of rotatable bonds is 5. The first-order valence-electron chi connectivity index (χ1n) is 10.5. The second-order valence-corrected chi connectivity index (χ2v) is 9.32. The molecular formula is C24H18Cl2F2N6O. The van der Waals surface area contributed by atoms with Gasteiger partial charge in [-0.15, -0.1) is 0 Å². The van der Waals surface area contributed by atoms with Crippen molar-refractivity contribution in [1.29, 1.82) is 0 Å². The summed E-state index contributed by atoms with van der Waals surface area (Å²) in [6.45, 7) is 3.32. The monoisotopic (exact) mass is 514 g/mol. The van der Waals surface area contributed by atoms with E-state index < -0.39 is 17.9 Å². The lowest BCUT2D eigenvalue weighted by Gasteiger charge is -2.20. The average molecular weight is 515 g/mol. The molecule has 0 saturated carbocycles. The number of nitrogens with two attached hydrogens (primary N) is 1. The van der Waals surface area contributed by atoms with E-state index in [-0.39, 0.29) is 32.6 Å². The van der Waals surface area contributed by atoms with Crippen molar-refractivity contribution in [2.45, 2.75) is 25.8 Å². The van der Waals surface area contributed by atoms with E-state index in [0.29, 0.717) is 22.0 Å². The van der Waals surface area contributed by atoms with Crippen LogP contribution in [0, 0.1) is 0 Å². The summed E-state index contributed by atoms with van der Waals surface area (Å²) in [5.41, 5.74) is 6.56. The Morgan fingerprint density at radius 2 is 1.83 bits per heavy atom.